The Balaban J connectivity index is 2.08. The molecule has 0 amide bonds. The van der Waals surface area contributed by atoms with Crippen LogP contribution in [0.15, 0.2) is 35.8 Å². The maximum Gasteiger partial charge on any atom is 0.185 e. The molecule has 4 nitrogen and oxygen atoms in total. The lowest BCUT2D eigenvalue weighted by Crippen LogP contribution is -2.54. The van der Waals surface area contributed by atoms with Gasteiger partial charge in [0.05, 0.1) is 12.2 Å². The second-order valence-electron chi connectivity index (χ2n) is 15.6. The van der Waals surface area contributed by atoms with Crippen LogP contribution in [0, 0.1) is 28.6 Å². The van der Waals surface area contributed by atoms with Crippen molar-refractivity contribution < 1.29 is 18.3 Å². The SMILES string of the molecule is C=C[C@]1(O[Si](C)(C)C)C(OC(C)C)=C(OC(C)C)[C@@]2(O[Si](C)(C)C)C3=CC[C@@]4(C)[C@H](C(C)C)CC[C@@]34C[C@H]21. The summed E-state index contributed by atoms with van der Waals surface area (Å²) >= 11 is 0. The third-order valence-corrected chi connectivity index (χ3v) is 11.5. The van der Waals surface area contributed by atoms with Gasteiger partial charge in [-0.15, -0.1) is 0 Å². The molecule has 0 radical (unpaired) electrons. The van der Waals surface area contributed by atoms with Gasteiger partial charge in [0.2, 0.25) is 0 Å². The molecule has 6 atom stereocenters. The van der Waals surface area contributed by atoms with Crippen LogP contribution in [0.5, 0.6) is 0 Å². The lowest BCUT2D eigenvalue weighted by molar-refractivity contribution is -0.0317. The summed E-state index contributed by atoms with van der Waals surface area (Å²) in [7, 11) is -4.13. The zero-order chi connectivity index (χ0) is 28.7. The van der Waals surface area contributed by atoms with Crippen LogP contribution in [0.4, 0.5) is 0 Å². The minimum atomic E-state index is -2.07. The summed E-state index contributed by atoms with van der Waals surface area (Å²) in [6, 6.07) is 0. The lowest BCUT2D eigenvalue weighted by Gasteiger charge is -2.45. The van der Waals surface area contributed by atoms with Crippen molar-refractivity contribution in [3.8, 4) is 0 Å². The minimum absolute atomic E-state index is 0.0112. The van der Waals surface area contributed by atoms with Crippen molar-refractivity contribution in [2.75, 3.05) is 0 Å². The highest BCUT2D eigenvalue weighted by Crippen LogP contribution is 2.79. The Labute approximate surface area is 235 Å². The number of rotatable bonds is 10. The topological polar surface area (TPSA) is 36.9 Å². The molecule has 0 saturated heterocycles. The number of hydrogen-bond acceptors (Lipinski definition) is 4. The summed E-state index contributed by atoms with van der Waals surface area (Å²) in [5, 5.41) is 0. The fourth-order valence-corrected chi connectivity index (χ4v) is 11.6. The quantitative estimate of drug-likeness (QED) is 0.197. The predicted octanol–water partition coefficient (Wildman–Crippen LogP) is 8.84. The maximum atomic E-state index is 7.56. The van der Waals surface area contributed by atoms with Crippen LogP contribution < -0.4 is 0 Å². The molecule has 2 fully saturated rings. The van der Waals surface area contributed by atoms with Crippen LogP contribution in [-0.4, -0.2) is 40.0 Å². The summed E-state index contributed by atoms with van der Waals surface area (Å²) < 4.78 is 28.6. The van der Waals surface area contributed by atoms with Crippen molar-refractivity contribution in [3.05, 3.63) is 35.8 Å². The molecule has 0 unspecified atom stereocenters. The van der Waals surface area contributed by atoms with Crippen LogP contribution in [0.3, 0.4) is 0 Å². The first-order valence-corrected chi connectivity index (χ1v) is 21.9. The Hall–Kier alpha value is -0.826. The minimum Gasteiger partial charge on any atom is -0.488 e. The third kappa shape index (κ3) is 4.26. The highest BCUT2D eigenvalue weighted by molar-refractivity contribution is 6.70. The van der Waals surface area contributed by atoms with Gasteiger partial charge in [0.15, 0.2) is 28.2 Å². The van der Waals surface area contributed by atoms with Gasteiger partial charge >= 0.3 is 0 Å². The standard InChI is InChI=1S/C32H56O4Si2/c1-15-31(35-37(9,10)11)26-20-30-19-16-24(21(2)3)29(30,8)18-17-25(30)32(26,36-38(12,13)14)28(34-23(6)7)27(31)33-22(4)5/h15,17,21-24,26H,1,16,18-20H2,2-14H3/t24-,26-,29-,30+,31+,32+/m0/s1. The molecule has 38 heavy (non-hydrogen) atoms. The van der Waals surface area contributed by atoms with E-state index in [0.29, 0.717) is 11.8 Å². The Morgan fingerprint density at radius 3 is 1.92 bits per heavy atom. The molecule has 6 heteroatoms. The van der Waals surface area contributed by atoms with E-state index < -0.39 is 27.8 Å². The first-order chi connectivity index (χ1) is 17.3. The summed E-state index contributed by atoms with van der Waals surface area (Å²) in [6.07, 6.45) is 9.21. The average molecular weight is 561 g/mol. The van der Waals surface area contributed by atoms with E-state index in [1.807, 2.05) is 0 Å². The molecule has 4 aliphatic rings. The first-order valence-electron chi connectivity index (χ1n) is 15.1. The first kappa shape index (κ1) is 30.1. The van der Waals surface area contributed by atoms with Gasteiger partial charge in [-0.3, -0.25) is 0 Å². The van der Waals surface area contributed by atoms with Crippen LogP contribution in [0.2, 0.25) is 39.3 Å². The molecule has 0 heterocycles. The van der Waals surface area contributed by atoms with Crippen LogP contribution >= 0.6 is 0 Å². The van der Waals surface area contributed by atoms with Crippen molar-refractivity contribution in [1.82, 2.24) is 0 Å². The summed E-state index contributed by atoms with van der Waals surface area (Å²) in [5.74, 6) is 3.06. The maximum absolute atomic E-state index is 7.56. The van der Waals surface area contributed by atoms with Crippen LogP contribution in [0.1, 0.15) is 74.1 Å². The van der Waals surface area contributed by atoms with E-state index in [1.54, 1.807) is 0 Å². The fraction of sp³-hybridized carbons (Fsp3) is 0.812. The third-order valence-electron chi connectivity index (χ3n) is 9.66. The van der Waals surface area contributed by atoms with E-state index in [4.69, 9.17) is 18.3 Å². The van der Waals surface area contributed by atoms with E-state index in [9.17, 15) is 0 Å². The number of ether oxygens (including phenoxy) is 2. The van der Waals surface area contributed by atoms with E-state index >= 15 is 0 Å². The smallest absolute Gasteiger partial charge is 0.185 e. The molecular formula is C32H56O4Si2. The Morgan fingerprint density at radius 1 is 0.895 bits per heavy atom. The van der Waals surface area contributed by atoms with Crippen molar-refractivity contribution >= 4 is 16.6 Å². The number of allylic oxidation sites excluding steroid dienone is 1. The van der Waals surface area contributed by atoms with Crippen molar-refractivity contribution in [2.45, 2.75) is 137 Å². The molecule has 0 aliphatic heterocycles. The van der Waals surface area contributed by atoms with E-state index in [0.717, 1.165) is 24.4 Å². The fourth-order valence-electron chi connectivity index (χ4n) is 8.91. The number of fused-ring (bicyclic) bond motifs is 2. The van der Waals surface area contributed by atoms with Gasteiger partial charge in [0.1, 0.15) is 11.2 Å². The second-order valence-corrected chi connectivity index (χ2v) is 24.5. The van der Waals surface area contributed by atoms with Gasteiger partial charge < -0.3 is 18.3 Å². The summed E-state index contributed by atoms with van der Waals surface area (Å²) in [5.41, 5.74) is 0.293. The van der Waals surface area contributed by atoms with Gasteiger partial charge in [-0.25, -0.2) is 0 Å². The highest BCUT2D eigenvalue weighted by atomic mass is 28.4. The van der Waals surface area contributed by atoms with Gasteiger partial charge in [0, 0.05) is 11.3 Å². The summed E-state index contributed by atoms with van der Waals surface area (Å²) in [6.45, 7) is 34.1. The van der Waals surface area contributed by atoms with Crippen LogP contribution in [0.25, 0.3) is 0 Å². The molecule has 2 saturated carbocycles. The molecule has 4 rings (SSSR count). The van der Waals surface area contributed by atoms with Gasteiger partial charge in [-0.05, 0) is 115 Å². The van der Waals surface area contributed by atoms with E-state index in [1.165, 1.54) is 18.4 Å². The normalized spacial score (nSPS) is 38.7. The average Bonchev–Trinajstić information content (AvgIpc) is 3.33. The molecular weight excluding hydrogens is 505 g/mol. The van der Waals surface area contributed by atoms with Crippen molar-refractivity contribution in [2.24, 2.45) is 28.6 Å². The Morgan fingerprint density at radius 2 is 1.45 bits per heavy atom. The molecule has 216 valence electrons. The molecule has 0 aromatic heterocycles. The monoisotopic (exact) mass is 560 g/mol. The van der Waals surface area contributed by atoms with Crippen molar-refractivity contribution in [1.29, 1.82) is 0 Å². The molecule has 4 aliphatic carbocycles. The van der Waals surface area contributed by atoms with E-state index in [-0.39, 0.29) is 29.0 Å². The lowest BCUT2D eigenvalue weighted by atomic mass is 9.60. The highest BCUT2D eigenvalue weighted by Gasteiger charge is 2.80. The summed E-state index contributed by atoms with van der Waals surface area (Å²) in [4.78, 5) is 0. The zero-order valence-corrected chi connectivity index (χ0v) is 28.7. The molecule has 0 bridgehead atoms. The number of hydrogen-bond donors (Lipinski definition) is 0. The van der Waals surface area contributed by atoms with Gasteiger partial charge in [-0.2, -0.15) is 0 Å². The van der Waals surface area contributed by atoms with Crippen molar-refractivity contribution in [3.63, 3.8) is 0 Å². The Kier molecular flexibility index (Phi) is 7.42. The largest absolute Gasteiger partial charge is 0.488 e. The molecule has 1 spiro atoms. The predicted molar refractivity (Wildman–Crippen MR) is 163 cm³/mol. The molecule has 0 aromatic rings. The molecule has 0 N–H and O–H groups in total. The van der Waals surface area contributed by atoms with Gasteiger partial charge in [0.25, 0.3) is 0 Å². The van der Waals surface area contributed by atoms with E-state index in [2.05, 4.69) is 106 Å². The second kappa shape index (κ2) is 9.35. The van der Waals surface area contributed by atoms with Crippen LogP contribution in [-0.2, 0) is 18.3 Å². The van der Waals surface area contributed by atoms with Gasteiger partial charge in [-0.1, -0.05) is 39.5 Å². The zero-order valence-electron chi connectivity index (χ0n) is 26.7. The Bertz CT molecular complexity index is 1020. The molecule has 0 aromatic carbocycles.